The van der Waals surface area contributed by atoms with Gasteiger partial charge in [-0.25, -0.2) is 4.79 Å². The number of benzene rings is 2. The molecule has 0 N–H and O–H groups in total. The molecule has 0 bridgehead atoms. The Kier molecular flexibility index (Phi) is 7.84. The van der Waals surface area contributed by atoms with Gasteiger partial charge in [-0.3, -0.25) is 0 Å². The lowest BCUT2D eigenvalue weighted by Crippen LogP contribution is -2.42. The molecule has 2 atom stereocenters. The Bertz CT molecular complexity index is 830. The average Bonchev–Trinajstić information content (AvgIpc) is 2.78. The summed E-state index contributed by atoms with van der Waals surface area (Å²) in [5, 5.41) is 0. The van der Waals surface area contributed by atoms with Crippen molar-refractivity contribution in [3.8, 4) is 11.5 Å². The third kappa shape index (κ3) is 6.06. The molecule has 1 fully saturated rings. The molecule has 1 aliphatic heterocycles. The van der Waals surface area contributed by atoms with E-state index in [0.29, 0.717) is 13.2 Å². The first kappa shape index (κ1) is 21.8. The molecular formula is C23H26O7. The van der Waals surface area contributed by atoms with Crippen LogP contribution in [0.3, 0.4) is 0 Å². The van der Waals surface area contributed by atoms with Crippen LogP contribution in [0.15, 0.2) is 60.7 Å². The summed E-state index contributed by atoms with van der Waals surface area (Å²) in [4.78, 5) is 12.1. The average molecular weight is 414 g/mol. The van der Waals surface area contributed by atoms with Gasteiger partial charge in [-0.15, -0.1) is 0 Å². The monoisotopic (exact) mass is 414 g/mol. The van der Waals surface area contributed by atoms with Crippen LogP contribution in [-0.2, 0) is 37.0 Å². The summed E-state index contributed by atoms with van der Waals surface area (Å²) in [6.07, 6.45) is -1.39. The maximum atomic E-state index is 12.1. The first-order valence-corrected chi connectivity index (χ1v) is 9.55. The SMILES string of the molecule is C=C1C(=O)OC(COCc2ccc(OC)cc2)O[C@@H]1COCc1ccc(OC)cc1. The van der Waals surface area contributed by atoms with Gasteiger partial charge >= 0.3 is 5.97 Å². The second kappa shape index (κ2) is 10.8. The van der Waals surface area contributed by atoms with Crippen molar-refractivity contribution in [3.63, 3.8) is 0 Å². The number of carbonyl (C=O) groups excluding carboxylic acids is 1. The number of rotatable bonds is 10. The Morgan fingerprint density at radius 1 is 0.833 bits per heavy atom. The molecule has 0 radical (unpaired) electrons. The molecule has 7 heteroatoms. The minimum Gasteiger partial charge on any atom is -0.497 e. The Morgan fingerprint density at radius 2 is 1.33 bits per heavy atom. The van der Waals surface area contributed by atoms with Gasteiger partial charge in [-0.1, -0.05) is 30.8 Å². The lowest BCUT2D eigenvalue weighted by molar-refractivity contribution is -0.220. The van der Waals surface area contributed by atoms with Gasteiger partial charge in [-0.2, -0.15) is 0 Å². The Labute approximate surface area is 176 Å². The molecule has 1 saturated heterocycles. The van der Waals surface area contributed by atoms with E-state index < -0.39 is 18.4 Å². The van der Waals surface area contributed by atoms with E-state index in [-0.39, 0.29) is 18.8 Å². The number of cyclic esters (lactones) is 1. The summed E-state index contributed by atoms with van der Waals surface area (Å²) < 4.78 is 32.6. The highest BCUT2D eigenvalue weighted by molar-refractivity contribution is 5.89. The molecule has 30 heavy (non-hydrogen) atoms. The molecule has 7 nitrogen and oxygen atoms in total. The Hall–Kier alpha value is -2.87. The molecule has 0 spiro atoms. The van der Waals surface area contributed by atoms with Crippen LogP contribution in [0.1, 0.15) is 11.1 Å². The van der Waals surface area contributed by atoms with Gasteiger partial charge in [0.25, 0.3) is 0 Å². The maximum absolute atomic E-state index is 12.1. The summed E-state index contributed by atoms with van der Waals surface area (Å²) in [5.74, 6) is 1.06. The highest BCUT2D eigenvalue weighted by Crippen LogP contribution is 2.20. The van der Waals surface area contributed by atoms with E-state index in [1.54, 1.807) is 14.2 Å². The molecule has 0 aliphatic carbocycles. The van der Waals surface area contributed by atoms with E-state index in [4.69, 9.17) is 28.4 Å². The predicted molar refractivity (Wildman–Crippen MR) is 109 cm³/mol. The quantitative estimate of drug-likeness (QED) is 0.436. The zero-order valence-electron chi connectivity index (χ0n) is 17.2. The summed E-state index contributed by atoms with van der Waals surface area (Å²) in [5.41, 5.74) is 2.19. The van der Waals surface area contributed by atoms with Crippen molar-refractivity contribution in [1.82, 2.24) is 0 Å². The standard InChI is InChI=1S/C23H26O7/c1-16-21(14-27-12-17-4-8-19(25-2)9-5-17)29-22(30-23(16)24)15-28-13-18-6-10-20(26-3)11-7-18/h4-11,21-22H,1,12-15H2,2-3H3/t21-,22?/m1/s1. The molecule has 1 heterocycles. The van der Waals surface area contributed by atoms with E-state index in [1.165, 1.54) is 0 Å². The molecule has 0 aromatic heterocycles. The summed E-state index contributed by atoms with van der Waals surface area (Å²) in [6.45, 7) is 4.80. The minimum atomic E-state index is -0.809. The number of ether oxygens (including phenoxy) is 6. The number of hydrogen-bond donors (Lipinski definition) is 0. The number of carbonyl (C=O) groups is 1. The highest BCUT2D eigenvalue weighted by Gasteiger charge is 2.33. The van der Waals surface area contributed by atoms with E-state index in [0.717, 1.165) is 22.6 Å². The van der Waals surface area contributed by atoms with Gasteiger partial charge in [-0.05, 0) is 35.4 Å². The molecule has 1 aliphatic rings. The van der Waals surface area contributed by atoms with Crippen molar-refractivity contribution in [2.24, 2.45) is 0 Å². The van der Waals surface area contributed by atoms with Crippen LogP contribution in [-0.4, -0.2) is 45.8 Å². The van der Waals surface area contributed by atoms with Gasteiger partial charge < -0.3 is 28.4 Å². The zero-order valence-corrected chi connectivity index (χ0v) is 17.2. The van der Waals surface area contributed by atoms with E-state index in [1.807, 2.05) is 48.5 Å². The van der Waals surface area contributed by atoms with Crippen LogP contribution in [0.4, 0.5) is 0 Å². The third-order valence-electron chi connectivity index (χ3n) is 4.58. The fourth-order valence-electron chi connectivity index (χ4n) is 2.83. The van der Waals surface area contributed by atoms with Crippen LogP contribution in [0.25, 0.3) is 0 Å². The van der Waals surface area contributed by atoms with Crippen LogP contribution >= 0.6 is 0 Å². The molecular weight excluding hydrogens is 388 g/mol. The van der Waals surface area contributed by atoms with E-state index in [2.05, 4.69) is 6.58 Å². The maximum Gasteiger partial charge on any atom is 0.338 e. The molecule has 2 aromatic carbocycles. The van der Waals surface area contributed by atoms with Crippen molar-refractivity contribution in [2.45, 2.75) is 25.6 Å². The highest BCUT2D eigenvalue weighted by atomic mass is 16.7. The first-order chi connectivity index (χ1) is 14.6. The topological polar surface area (TPSA) is 72.5 Å². The lowest BCUT2D eigenvalue weighted by Gasteiger charge is -2.30. The summed E-state index contributed by atoms with van der Waals surface area (Å²) in [6, 6.07) is 15.1. The largest absolute Gasteiger partial charge is 0.497 e. The molecule has 2 aromatic rings. The lowest BCUT2D eigenvalue weighted by atomic mass is 10.1. The summed E-state index contributed by atoms with van der Waals surface area (Å²) in [7, 11) is 3.24. The number of hydrogen-bond acceptors (Lipinski definition) is 7. The second-order valence-electron chi connectivity index (χ2n) is 6.71. The van der Waals surface area contributed by atoms with Gasteiger partial charge in [0.05, 0.1) is 39.6 Å². The second-order valence-corrected chi connectivity index (χ2v) is 6.71. The fourth-order valence-corrected chi connectivity index (χ4v) is 2.83. The predicted octanol–water partition coefficient (Wildman–Crippen LogP) is 3.26. The van der Waals surface area contributed by atoms with Crippen molar-refractivity contribution >= 4 is 5.97 Å². The first-order valence-electron chi connectivity index (χ1n) is 9.55. The Balaban J connectivity index is 1.44. The van der Waals surface area contributed by atoms with Crippen LogP contribution in [0.2, 0.25) is 0 Å². The third-order valence-corrected chi connectivity index (χ3v) is 4.58. The van der Waals surface area contributed by atoms with E-state index in [9.17, 15) is 4.79 Å². The van der Waals surface area contributed by atoms with Crippen molar-refractivity contribution in [1.29, 1.82) is 0 Å². The molecule has 0 saturated carbocycles. The normalized spacial score (nSPS) is 18.7. The van der Waals surface area contributed by atoms with Gasteiger partial charge in [0.1, 0.15) is 24.2 Å². The number of methoxy groups -OCH3 is 2. The number of esters is 1. The van der Waals surface area contributed by atoms with Crippen LogP contribution in [0, 0.1) is 0 Å². The fraction of sp³-hybridized carbons (Fsp3) is 0.348. The van der Waals surface area contributed by atoms with Gasteiger partial charge in [0.15, 0.2) is 0 Å². The van der Waals surface area contributed by atoms with Crippen molar-refractivity contribution < 1.29 is 33.2 Å². The Morgan fingerprint density at radius 3 is 1.83 bits per heavy atom. The van der Waals surface area contributed by atoms with Crippen LogP contribution in [0.5, 0.6) is 11.5 Å². The molecule has 1 unspecified atom stereocenters. The smallest absolute Gasteiger partial charge is 0.338 e. The van der Waals surface area contributed by atoms with Gasteiger partial charge in [0.2, 0.25) is 6.29 Å². The van der Waals surface area contributed by atoms with Crippen LogP contribution < -0.4 is 9.47 Å². The van der Waals surface area contributed by atoms with Crippen molar-refractivity contribution in [2.75, 3.05) is 27.4 Å². The summed E-state index contributed by atoms with van der Waals surface area (Å²) >= 11 is 0. The van der Waals surface area contributed by atoms with Gasteiger partial charge in [0, 0.05) is 0 Å². The molecule has 0 amide bonds. The molecule has 3 rings (SSSR count). The van der Waals surface area contributed by atoms with E-state index >= 15 is 0 Å². The van der Waals surface area contributed by atoms with Crippen molar-refractivity contribution in [3.05, 3.63) is 71.8 Å². The minimum absolute atomic E-state index is 0.111. The molecule has 160 valence electrons. The zero-order chi connectivity index (χ0) is 21.3.